The number of carbonyl (C=O) groups is 1. The lowest BCUT2D eigenvalue weighted by Gasteiger charge is -2.02. The molecule has 0 saturated heterocycles. The van der Waals surface area contributed by atoms with Crippen LogP contribution in [0.1, 0.15) is 0 Å². The molecule has 6 nitrogen and oxygen atoms in total. The Hall–Kier alpha value is -1.86. The number of rotatable bonds is 1. The molecule has 84 valence electrons. The molecule has 3 N–H and O–H groups in total. The number of benzene rings is 1. The number of nitrogens with zero attached hydrogens (tertiary/aromatic N) is 1. The van der Waals surface area contributed by atoms with Gasteiger partial charge in [0, 0.05) is 5.39 Å². The Morgan fingerprint density at radius 3 is 2.50 bits per heavy atom. The van der Waals surface area contributed by atoms with E-state index in [1.165, 1.54) is 12.1 Å². The molecule has 2 aromatic rings. The summed E-state index contributed by atoms with van der Waals surface area (Å²) in [6.45, 7) is 0. The fraction of sp³-hybridized carbons (Fsp3) is 0. The molecule has 0 unspecified atom stereocenters. The van der Waals surface area contributed by atoms with Gasteiger partial charge in [0.15, 0.2) is 5.03 Å². The molecule has 0 atom stereocenters. The molecule has 0 spiro atoms. The normalized spacial score (nSPS) is 11.8. The maximum absolute atomic E-state index is 11.2. The number of carbonyl (C=O) groups excluding carboxylic acids is 1. The predicted octanol–water partition coefficient (Wildman–Crippen LogP) is 0.815. The molecule has 1 heterocycles. The van der Waals surface area contributed by atoms with Crippen molar-refractivity contribution in [3.05, 3.63) is 30.3 Å². The minimum Gasteiger partial charge on any atom is -0.351 e. The van der Waals surface area contributed by atoms with Gasteiger partial charge in [0.25, 0.3) is 0 Å². The van der Waals surface area contributed by atoms with Crippen LogP contribution >= 0.6 is 0 Å². The van der Waals surface area contributed by atoms with E-state index in [2.05, 4.69) is 0 Å². The standard InChI is InChI=1S/C9H8N2O4S/c10-9(12)11-7-4-2-1-3-6(7)5-8(11)16(13,14)15/h1-5H,(H2,10,12)(H,13,14,15). The summed E-state index contributed by atoms with van der Waals surface area (Å²) in [5.74, 6) is 0. The zero-order valence-electron chi connectivity index (χ0n) is 7.99. The number of para-hydroxylation sites is 1. The zero-order valence-corrected chi connectivity index (χ0v) is 8.81. The molecule has 16 heavy (non-hydrogen) atoms. The number of hydrogen-bond donors (Lipinski definition) is 2. The van der Waals surface area contributed by atoms with Crippen molar-refractivity contribution in [3.8, 4) is 0 Å². The number of amides is 1. The molecule has 7 heteroatoms. The third kappa shape index (κ3) is 1.55. The van der Waals surface area contributed by atoms with Crippen molar-refractivity contribution in [3.63, 3.8) is 0 Å². The van der Waals surface area contributed by atoms with Gasteiger partial charge in [-0.3, -0.25) is 4.55 Å². The van der Waals surface area contributed by atoms with Crippen molar-refractivity contribution in [2.75, 3.05) is 0 Å². The molecule has 1 aromatic carbocycles. The molecule has 0 saturated carbocycles. The van der Waals surface area contributed by atoms with Crippen LogP contribution in [0.3, 0.4) is 0 Å². The van der Waals surface area contributed by atoms with Crippen LogP contribution in [0, 0.1) is 0 Å². The lowest BCUT2D eigenvalue weighted by atomic mass is 10.2. The Morgan fingerprint density at radius 1 is 1.31 bits per heavy atom. The topological polar surface area (TPSA) is 102 Å². The second-order valence-corrected chi connectivity index (χ2v) is 4.56. The van der Waals surface area contributed by atoms with Gasteiger partial charge in [-0.2, -0.15) is 8.42 Å². The van der Waals surface area contributed by atoms with Crippen LogP contribution in [0.5, 0.6) is 0 Å². The van der Waals surface area contributed by atoms with Gasteiger partial charge in [-0.05, 0) is 12.1 Å². The fourth-order valence-electron chi connectivity index (χ4n) is 1.55. The molecule has 0 bridgehead atoms. The Balaban J connectivity index is 2.95. The number of hydrogen-bond acceptors (Lipinski definition) is 3. The fourth-order valence-corrected chi connectivity index (χ4v) is 2.24. The number of aromatic nitrogens is 1. The van der Waals surface area contributed by atoms with Gasteiger partial charge in [-0.1, -0.05) is 18.2 Å². The van der Waals surface area contributed by atoms with E-state index < -0.39 is 21.2 Å². The maximum Gasteiger partial charge on any atom is 0.324 e. The Kier molecular flexibility index (Phi) is 2.21. The molecule has 0 aliphatic rings. The Bertz CT molecular complexity index is 672. The highest BCUT2D eigenvalue weighted by Gasteiger charge is 2.21. The predicted molar refractivity (Wildman–Crippen MR) is 56.7 cm³/mol. The average molecular weight is 240 g/mol. The van der Waals surface area contributed by atoms with E-state index in [9.17, 15) is 13.2 Å². The molecule has 1 aromatic heterocycles. The first kappa shape index (κ1) is 10.7. The number of nitrogens with two attached hydrogens (primary N) is 1. The van der Waals surface area contributed by atoms with Crippen LogP contribution in [-0.2, 0) is 10.1 Å². The van der Waals surface area contributed by atoms with Crippen molar-refractivity contribution in [2.45, 2.75) is 5.03 Å². The highest BCUT2D eigenvalue weighted by atomic mass is 32.2. The third-order valence-electron chi connectivity index (χ3n) is 2.16. The minimum atomic E-state index is -4.48. The van der Waals surface area contributed by atoms with Gasteiger partial charge in [-0.15, -0.1) is 0 Å². The number of primary amides is 1. The van der Waals surface area contributed by atoms with Crippen molar-refractivity contribution in [1.29, 1.82) is 0 Å². The molecule has 0 aliphatic carbocycles. The summed E-state index contributed by atoms with van der Waals surface area (Å²) < 4.78 is 31.8. The molecule has 0 aliphatic heterocycles. The van der Waals surface area contributed by atoms with E-state index >= 15 is 0 Å². The SMILES string of the molecule is NC(=O)n1c(S(=O)(=O)O)cc2ccccc21. The van der Waals surface area contributed by atoms with E-state index in [1.54, 1.807) is 18.2 Å². The molecule has 1 amide bonds. The average Bonchev–Trinajstić information content (AvgIpc) is 2.55. The second kappa shape index (κ2) is 3.32. The highest BCUT2D eigenvalue weighted by molar-refractivity contribution is 7.85. The highest BCUT2D eigenvalue weighted by Crippen LogP contribution is 2.22. The third-order valence-corrected chi connectivity index (χ3v) is 2.99. The van der Waals surface area contributed by atoms with Crippen molar-refractivity contribution < 1.29 is 17.8 Å². The quantitative estimate of drug-likeness (QED) is 0.720. The van der Waals surface area contributed by atoms with E-state index in [0.717, 1.165) is 4.57 Å². The monoisotopic (exact) mass is 240 g/mol. The lowest BCUT2D eigenvalue weighted by Crippen LogP contribution is -2.22. The van der Waals surface area contributed by atoms with Gasteiger partial charge in [0.1, 0.15) is 0 Å². The van der Waals surface area contributed by atoms with Crippen LogP contribution in [0.15, 0.2) is 35.4 Å². The summed E-state index contributed by atoms with van der Waals surface area (Å²) in [6.07, 6.45) is 0. The van der Waals surface area contributed by atoms with Crippen molar-refractivity contribution >= 4 is 27.1 Å². The lowest BCUT2D eigenvalue weighted by molar-refractivity contribution is 0.249. The van der Waals surface area contributed by atoms with Crippen LogP contribution in [-0.4, -0.2) is 23.6 Å². The van der Waals surface area contributed by atoms with Crippen LogP contribution in [0.25, 0.3) is 10.9 Å². The summed E-state index contributed by atoms with van der Waals surface area (Å²) in [5, 5.41) is -0.0184. The number of fused-ring (bicyclic) bond motifs is 1. The smallest absolute Gasteiger partial charge is 0.324 e. The summed E-state index contributed by atoms with van der Waals surface area (Å²) >= 11 is 0. The van der Waals surface area contributed by atoms with E-state index in [4.69, 9.17) is 10.3 Å². The van der Waals surface area contributed by atoms with Crippen molar-refractivity contribution in [1.82, 2.24) is 4.57 Å². The molecule has 0 fully saturated rings. The molecule has 0 radical (unpaired) electrons. The largest absolute Gasteiger partial charge is 0.351 e. The van der Waals surface area contributed by atoms with Crippen molar-refractivity contribution in [2.24, 2.45) is 5.73 Å². The molecule has 2 rings (SSSR count). The summed E-state index contributed by atoms with van der Waals surface area (Å²) in [5.41, 5.74) is 5.41. The molecular formula is C9H8N2O4S. The van der Waals surface area contributed by atoms with E-state index in [-0.39, 0.29) is 0 Å². The summed E-state index contributed by atoms with van der Waals surface area (Å²) in [7, 11) is -4.48. The zero-order chi connectivity index (χ0) is 11.9. The first-order valence-corrected chi connectivity index (χ1v) is 5.73. The van der Waals surface area contributed by atoms with E-state index in [0.29, 0.717) is 10.9 Å². The first-order chi connectivity index (χ1) is 7.41. The van der Waals surface area contributed by atoms with E-state index in [1.807, 2.05) is 0 Å². The van der Waals surface area contributed by atoms with Gasteiger partial charge in [-0.25, -0.2) is 9.36 Å². The first-order valence-electron chi connectivity index (χ1n) is 4.29. The Morgan fingerprint density at radius 2 is 1.94 bits per heavy atom. The second-order valence-electron chi connectivity index (χ2n) is 3.19. The van der Waals surface area contributed by atoms with Crippen LogP contribution in [0.2, 0.25) is 0 Å². The van der Waals surface area contributed by atoms with Gasteiger partial charge >= 0.3 is 16.1 Å². The van der Waals surface area contributed by atoms with Crippen LogP contribution in [0.4, 0.5) is 4.79 Å². The van der Waals surface area contributed by atoms with Gasteiger partial charge < -0.3 is 5.73 Å². The minimum absolute atomic E-state index is 0.336. The Labute approximate surface area is 91.0 Å². The maximum atomic E-state index is 11.2. The van der Waals surface area contributed by atoms with Gasteiger partial charge in [0.2, 0.25) is 0 Å². The summed E-state index contributed by atoms with van der Waals surface area (Å²) in [6, 6.07) is 6.69. The molecular weight excluding hydrogens is 232 g/mol. The van der Waals surface area contributed by atoms with Crippen LogP contribution < -0.4 is 5.73 Å². The van der Waals surface area contributed by atoms with Gasteiger partial charge in [0.05, 0.1) is 5.52 Å². The summed E-state index contributed by atoms with van der Waals surface area (Å²) in [4.78, 5) is 11.2.